The van der Waals surface area contributed by atoms with Crippen LogP contribution >= 0.6 is 0 Å². The number of benzene rings is 1. The van der Waals surface area contributed by atoms with Crippen molar-refractivity contribution in [3.63, 3.8) is 0 Å². The maximum atomic E-state index is 12.8. The number of halogens is 5. The minimum atomic E-state index is -5.48. The molecule has 1 aromatic carbocycles. The normalized spacial score (nSPS) is 11.9. The average molecular weight is 262 g/mol. The minimum absolute atomic E-state index is 0.00611. The summed E-state index contributed by atoms with van der Waals surface area (Å²) in [5.41, 5.74) is 0. The van der Waals surface area contributed by atoms with Crippen molar-refractivity contribution in [1.82, 2.24) is 0 Å². The maximum Gasteiger partial charge on any atom is 0.387 e. The highest BCUT2D eigenvalue weighted by atomic mass is 32.3. The van der Waals surface area contributed by atoms with E-state index in [1.807, 2.05) is 0 Å². The highest BCUT2D eigenvalue weighted by molar-refractivity contribution is 7.86. The van der Waals surface area contributed by atoms with E-state index >= 15 is 0 Å². The monoisotopic (exact) mass is 262 g/mol. The van der Waals surface area contributed by atoms with E-state index in [1.165, 1.54) is 0 Å². The Morgan fingerprint density at radius 1 is 1.12 bits per heavy atom. The highest BCUT2D eigenvalue weighted by Crippen LogP contribution is 2.27. The van der Waals surface area contributed by atoms with Gasteiger partial charge in [-0.1, -0.05) is 0 Å². The lowest BCUT2D eigenvalue weighted by Gasteiger charge is -2.07. The fourth-order valence-corrected chi connectivity index (χ4v) is 1.42. The van der Waals surface area contributed by atoms with Gasteiger partial charge in [-0.25, -0.2) is 8.78 Å². The molecule has 0 radical (unpaired) electrons. The molecule has 0 saturated carbocycles. The summed E-state index contributed by atoms with van der Waals surface area (Å²) in [5, 5.41) is 0. The summed E-state index contributed by atoms with van der Waals surface area (Å²) in [5.74, 6) is -4.56. The van der Waals surface area contributed by atoms with Gasteiger partial charge < -0.3 is 4.74 Å². The maximum absolute atomic E-state index is 12.8. The van der Waals surface area contributed by atoms with Crippen LogP contribution in [0.2, 0.25) is 0 Å². The van der Waals surface area contributed by atoms with E-state index in [9.17, 15) is 29.9 Å². The SMILES string of the molecule is O=S(=O)(F)c1cc(OC(F)F)c(F)cc1F. The molecule has 9 heteroatoms. The van der Waals surface area contributed by atoms with Gasteiger partial charge in [0.2, 0.25) is 0 Å². The fourth-order valence-electron chi connectivity index (χ4n) is 0.884. The summed E-state index contributed by atoms with van der Waals surface area (Å²) in [4.78, 5) is -1.57. The lowest BCUT2D eigenvalue weighted by molar-refractivity contribution is -0.0524. The molecule has 0 amide bonds. The van der Waals surface area contributed by atoms with Gasteiger partial charge in [0.05, 0.1) is 0 Å². The van der Waals surface area contributed by atoms with Crippen molar-refractivity contribution in [1.29, 1.82) is 0 Å². The molecule has 1 rings (SSSR count). The fraction of sp³-hybridized carbons (Fsp3) is 0.143. The van der Waals surface area contributed by atoms with Crippen LogP contribution in [0.1, 0.15) is 0 Å². The molecule has 0 bridgehead atoms. The van der Waals surface area contributed by atoms with Crippen LogP contribution in [0.25, 0.3) is 0 Å². The van der Waals surface area contributed by atoms with Gasteiger partial charge in [0.1, 0.15) is 10.7 Å². The summed E-state index contributed by atoms with van der Waals surface area (Å²) in [6.07, 6.45) is 0. The standard InChI is InChI=1S/C7H3F5O3S/c8-3-1-4(9)6(16(12,13)14)2-5(3)15-7(10)11/h1-2,7H. The topological polar surface area (TPSA) is 43.4 Å². The van der Waals surface area contributed by atoms with E-state index in [0.717, 1.165) is 0 Å². The Kier molecular flexibility index (Phi) is 3.36. The first-order valence-corrected chi connectivity index (χ1v) is 4.98. The van der Waals surface area contributed by atoms with Crippen molar-refractivity contribution >= 4 is 10.2 Å². The van der Waals surface area contributed by atoms with E-state index in [2.05, 4.69) is 4.74 Å². The van der Waals surface area contributed by atoms with Crippen LogP contribution in [0.4, 0.5) is 21.4 Å². The van der Waals surface area contributed by atoms with Crippen molar-refractivity contribution in [3.05, 3.63) is 23.8 Å². The van der Waals surface area contributed by atoms with E-state index < -0.39 is 39.1 Å². The molecule has 0 atom stereocenters. The second-order valence-electron chi connectivity index (χ2n) is 2.53. The molecule has 0 spiro atoms. The molecule has 90 valence electrons. The Balaban J connectivity index is 3.33. The summed E-state index contributed by atoms with van der Waals surface area (Å²) >= 11 is 0. The third-order valence-corrected chi connectivity index (χ3v) is 2.30. The number of alkyl halides is 2. The van der Waals surface area contributed by atoms with Crippen LogP contribution in [0.15, 0.2) is 17.0 Å². The summed E-state index contributed by atoms with van der Waals surface area (Å²) in [7, 11) is -5.48. The zero-order chi connectivity index (χ0) is 12.5. The molecular formula is C7H3F5O3S. The van der Waals surface area contributed by atoms with Gasteiger partial charge in [-0.15, -0.1) is 3.89 Å². The van der Waals surface area contributed by atoms with Crippen molar-refractivity contribution in [2.24, 2.45) is 0 Å². The van der Waals surface area contributed by atoms with Gasteiger partial charge in [0.15, 0.2) is 11.6 Å². The molecule has 0 aliphatic rings. The lowest BCUT2D eigenvalue weighted by Crippen LogP contribution is -2.06. The van der Waals surface area contributed by atoms with E-state index in [4.69, 9.17) is 0 Å². The molecule has 0 unspecified atom stereocenters. The first-order chi connectivity index (χ1) is 7.21. The molecule has 0 aliphatic heterocycles. The second-order valence-corrected chi connectivity index (χ2v) is 3.84. The van der Waals surface area contributed by atoms with Gasteiger partial charge in [0, 0.05) is 12.1 Å². The Morgan fingerprint density at radius 2 is 1.69 bits per heavy atom. The largest absolute Gasteiger partial charge is 0.432 e. The van der Waals surface area contributed by atoms with Crippen molar-refractivity contribution < 1.29 is 34.6 Å². The minimum Gasteiger partial charge on any atom is -0.432 e. The van der Waals surface area contributed by atoms with Gasteiger partial charge >= 0.3 is 16.8 Å². The Morgan fingerprint density at radius 3 is 2.12 bits per heavy atom. The van der Waals surface area contributed by atoms with Crippen molar-refractivity contribution in [2.75, 3.05) is 0 Å². The predicted molar refractivity (Wildman–Crippen MR) is 41.3 cm³/mol. The molecule has 3 nitrogen and oxygen atoms in total. The Hall–Kier alpha value is -1.38. The molecular weight excluding hydrogens is 259 g/mol. The quantitative estimate of drug-likeness (QED) is 0.619. The first kappa shape index (κ1) is 12.7. The van der Waals surface area contributed by atoms with Crippen LogP contribution in [0.3, 0.4) is 0 Å². The molecule has 0 aliphatic carbocycles. The zero-order valence-electron chi connectivity index (χ0n) is 7.25. The molecule has 0 saturated heterocycles. The zero-order valence-corrected chi connectivity index (χ0v) is 8.07. The van der Waals surface area contributed by atoms with E-state index in [0.29, 0.717) is 0 Å². The average Bonchev–Trinajstić information content (AvgIpc) is 2.06. The third-order valence-electron chi connectivity index (χ3n) is 1.47. The van der Waals surface area contributed by atoms with Gasteiger partial charge in [0.25, 0.3) is 0 Å². The molecule has 1 aromatic rings. The summed E-state index contributed by atoms with van der Waals surface area (Å²) in [6.45, 7) is -3.45. The molecule has 0 N–H and O–H groups in total. The predicted octanol–water partition coefficient (Wildman–Crippen LogP) is 2.22. The van der Waals surface area contributed by atoms with Crippen LogP contribution < -0.4 is 4.74 Å². The number of hydrogen-bond acceptors (Lipinski definition) is 3. The third kappa shape index (κ3) is 2.81. The summed E-state index contributed by atoms with van der Waals surface area (Å²) < 4.78 is 85.5. The first-order valence-electron chi connectivity index (χ1n) is 3.60. The summed E-state index contributed by atoms with van der Waals surface area (Å²) in [6, 6.07) is -0.0592. The number of rotatable bonds is 3. The molecule has 0 fully saturated rings. The van der Waals surface area contributed by atoms with Crippen LogP contribution in [0, 0.1) is 11.6 Å². The van der Waals surface area contributed by atoms with Crippen molar-refractivity contribution in [3.8, 4) is 5.75 Å². The highest BCUT2D eigenvalue weighted by Gasteiger charge is 2.22. The Bertz CT molecular complexity index is 499. The number of ether oxygens (including phenoxy) is 1. The van der Waals surface area contributed by atoms with Gasteiger partial charge in [-0.2, -0.15) is 17.2 Å². The Labute approximate surface area is 86.7 Å². The van der Waals surface area contributed by atoms with E-state index in [-0.39, 0.29) is 12.1 Å². The molecule has 16 heavy (non-hydrogen) atoms. The smallest absolute Gasteiger partial charge is 0.387 e. The van der Waals surface area contributed by atoms with E-state index in [1.54, 1.807) is 0 Å². The van der Waals surface area contributed by atoms with Crippen LogP contribution in [-0.4, -0.2) is 15.0 Å². The van der Waals surface area contributed by atoms with Crippen LogP contribution in [0.5, 0.6) is 5.75 Å². The van der Waals surface area contributed by atoms with Crippen molar-refractivity contribution in [2.45, 2.75) is 11.5 Å². The van der Waals surface area contributed by atoms with Gasteiger partial charge in [-0.3, -0.25) is 0 Å². The van der Waals surface area contributed by atoms with Crippen LogP contribution in [-0.2, 0) is 10.2 Å². The second kappa shape index (κ2) is 4.24. The number of hydrogen-bond donors (Lipinski definition) is 0. The lowest BCUT2D eigenvalue weighted by atomic mass is 10.3. The van der Waals surface area contributed by atoms with Gasteiger partial charge in [-0.05, 0) is 0 Å². The molecule has 0 heterocycles. The molecule has 0 aromatic heterocycles.